The number of carbonyl (C=O) groups is 2. The van der Waals surface area contributed by atoms with Gasteiger partial charge in [0.05, 0.1) is 6.61 Å². The molecule has 0 radical (unpaired) electrons. The molecule has 25 heavy (non-hydrogen) atoms. The Morgan fingerprint density at radius 3 is 2.60 bits per heavy atom. The predicted molar refractivity (Wildman–Crippen MR) is 93.4 cm³/mol. The van der Waals surface area contributed by atoms with E-state index < -0.39 is 5.97 Å². The maximum Gasteiger partial charge on any atom is 0.303 e. The molecule has 1 amide bonds. The van der Waals surface area contributed by atoms with Crippen molar-refractivity contribution in [1.82, 2.24) is 5.32 Å². The molecule has 0 aliphatic carbocycles. The molecule has 1 aromatic carbocycles. The lowest BCUT2D eigenvalue weighted by Gasteiger charge is -2.27. The Hall–Kier alpha value is -2.08. The molecule has 138 valence electrons. The number of carboxylic acid groups (broad SMARTS) is 1. The Labute approximate surface area is 148 Å². The van der Waals surface area contributed by atoms with Crippen LogP contribution in [0.15, 0.2) is 24.3 Å². The number of ether oxygens (including phenoxy) is 2. The van der Waals surface area contributed by atoms with E-state index in [0.717, 1.165) is 31.6 Å². The predicted octanol–water partition coefficient (Wildman–Crippen LogP) is 2.61. The molecule has 1 heterocycles. The second-order valence-electron chi connectivity index (χ2n) is 6.45. The van der Waals surface area contributed by atoms with E-state index in [1.54, 1.807) is 0 Å². The number of nitrogens with one attached hydrogen (secondary N) is 1. The van der Waals surface area contributed by atoms with Gasteiger partial charge in [-0.2, -0.15) is 0 Å². The second-order valence-corrected chi connectivity index (χ2v) is 6.45. The number of hydrogen-bond donors (Lipinski definition) is 2. The molecule has 1 aromatic rings. The van der Waals surface area contributed by atoms with Crippen LogP contribution in [0.1, 0.15) is 38.2 Å². The summed E-state index contributed by atoms with van der Waals surface area (Å²) in [4.78, 5) is 22.7. The highest BCUT2D eigenvalue weighted by Crippen LogP contribution is 2.23. The summed E-state index contributed by atoms with van der Waals surface area (Å²) in [5, 5.41) is 11.6. The first-order valence-electron chi connectivity index (χ1n) is 8.85. The fraction of sp³-hybridized carbons (Fsp3) is 0.579. The molecule has 0 spiro atoms. The van der Waals surface area contributed by atoms with Gasteiger partial charge < -0.3 is 19.9 Å². The minimum Gasteiger partial charge on any atom is -0.494 e. The third-order valence-electron chi connectivity index (χ3n) is 4.58. The molecule has 0 saturated carbocycles. The number of rotatable bonds is 9. The monoisotopic (exact) mass is 349 g/mol. The highest BCUT2D eigenvalue weighted by Gasteiger charge is 2.25. The summed E-state index contributed by atoms with van der Waals surface area (Å²) in [6, 6.07) is 7.49. The fourth-order valence-electron chi connectivity index (χ4n) is 2.90. The van der Waals surface area contributed by atoms with E-state index in [0.29, 0.717) is 31.2 Å². The van der Waals surface area contributed by atoms with Gasteiger partial charge in [-0.25, -0.2) is 0 Å². The Balaban J connectivity index is 1.71. The fourth-order valence-corrected chi connectivity index (χ4v) is 2.90. The first-order valence-corrected chi connectivity index (χ1v) is 8.85. The summed E-state index contributed by atoms with van der Waals surface area (Å²) >= 11 is 0. The summed E-state index contributed by atoms with van der Waals surface area (Å²) < 4.78 is 10.8. The van der Waals surface area contributed by atoms with Gasteiger partial charge in [0.25, 0.3) is 0 Å². The van der Waals surface area contributed by atoms with Crippen LogP contribution in [-0.4, -0.2) is 36.8 Å². The lowest BCUT2D eigenvalue weighted by atomic mass is 9.87. The number of carboxylic acids is 1. The highest BCUT2D eigenvalue weighted by atomic mass is 16.5. The molecule has 0 aromatic heterocycles. The van der Waals surface area contributed by atoms with Crippen LogP contribution in [-0.2, 0) is 20.9 Å². The number of hydrogen-bond acceptors (Lipinski definition) is 4. The van der Waals surface area contributed by atoms with Crippen molar-refractivity contribution in [1.29, 1.82) is 0 Å². The zero-order valence-corrected chi connectivity index (χ0v) is 14.7. The van der Waals surface area contributed by atoms with Crippen molar-refractivity contribution in [3.05, 3.63) is 29.8 Å². The molecule has 0 bridgehead atoms. The van der Waals surface area contributed by atoms with E-state index in [2.05, 4.69) is 5.32 Å². The van der Waals surface area contributed by atoms with Crippen molar-refractivity contribution in [2.24, 2.45) is 11.8 Å². The summed E-state index contributed by atoms with van der Waals surface area (Å²) in [6.45, 7) is 4.35. The van der Waals surface area contributed by atoms with Gasteiger partial charge in [0.1, 0.15) is 5.75 Å². The smallest absolute Gasteiger partial charge is 0.303 e. The highest BCUT2D eigenvalue weighted by molar-refractivity contribution is 5.78. The van der Waals surface area contributed by atoms with Gasteiger partial charge >= 0.3 is 5.97 Å². The molecular weight excluding hydrogens is 322 g/mol. The van der Waals surface area contributed by atoms with E-state index >= 15 is 0 Å². The van der Waals surface area contributed by atoms with E-state index in [-0.39, 0.29) is 18.2 Å². The van der Waals surface area contributed by atoms with E-state index in [4.69, 9.17) is 14.6 Å². The molecule has 1 fully saturated rings. The molecule has 1 aliphatic rings. The molecule has 2 N–H and O–H groups in total. The zero-order chi connectivity index (χ0) is 18.1. The first kappa shape index (κ1) is 19.2. The van der Waals surface area contributed by atoms with Crippen LogP contribution in [0.5, 0.6) is 5.75 Å². The Bertz CT molecular complexity index is 551. The molecule has 1 aliphatic heterocycles. The average molecular weight is 349 g/mol. The maximum absolute atomic E-state index is 12.3. The van der Waals surface area contributed by atoms with Crippen molar-refractivity contribution >= 4 is 11.9 Å². The topological polar surface area (TPSA) is 84.9 Å². The average Bonchev–Trinajstić information content (AvgIpc) is 2.64. The summed E-state index contributed by atoms with van der Waals surface area (Å²) in [6.07, 6.45) is 2.48. The van der Waals surface area contributed by atoms with Crippen LogP contribution in [0.4, 0.5) is 0 Å². The van der Waals surface area contributed by atoms with Crippen LogP contribution >= 0.6 is 0 Å². The van der Waals surface area contributed by atoms with Gasteiger partial charge in [-0.1, -0.05) is 19.1 Å². The van der Waals surface area contributed by atoms with Crippen molar-refractivity contribution < 1.29 is 24.2 Å². The summed E-state index contributed by atoms with van der Waals surface area (Å²) in [7, 11) is 0. The van der Waals surface area contributed by atoms with Crippen molar-refractivity contribution in [2.45, 2.75) is 39.2 Å². The minimum absolute atomic E-state index is 0.000687. The molecular formula is C19H27NO5. The zero-order valence-electron chi connectivity index (χ0n) is 14.7. The van der Waals surface area contributed by atoms with E-state index in [1.165, 1.54) is 0 Å². The number of aliphatic carboxylic acids is 1. The number of carbonyl (C=O) groups excluding carboxylic acids is 1. The van der Waals surface area contributed by atoms with Crippen molar-refractivity contribution in [3.8, 4) is 5.75 Å². The third kappa shape index (κ3) is 6.74. The van der Waals surface area contributed by atoms with E-state index in [9.17, 15) is 9.59 Å². The van der Waals surface area contributed by atoms with Gasteiger partial charge in [-0.05, 0) is 42.9 Å². The summed E-state index contributed by atoms with van der Waals surface area (Å²) in [5.41, 5.74) is 1.01. The van der Waals surface area contributed by atoms with Gasteiger partial charge in [0.15, 0.2) is 0 Å². The summed E-state index contributed by atoms with van der Waals surface area (Å²) in [5.74, 6) is 0.373. The van der Waals surface area contributed by atoms with E-state index in [1.807, 2.05) is 31.2 Å². The molecule has 2 rings (SSSR count). The SMILES string of the molecule is CC(C(=O)NCc1ccc(OCCCC(=O)O)cc1)C1CCOCC1. The quantitative estimate of drug-likeness (QED) is 0.670. The molecule has 6 nitrogen and oxygen atoms in total. The second kappa shape index (κ2) is 10.0. The normalized spacial score (nSPS) is 16.2. The lowest BCUT2D eigenvalue weighted by Crippen LogP contribution is -2.35. The Morgan fingerprint density at radius 2 is 1.96 bits per heavy atom. The van der Waals surface area contributed by atoms with Crippen LogP contribution < -0.4 is 10.1 Å². The molecule has 6 heteroatoms. The van der Waals surface area contributed by atoms with Gasteiger partial charge in [-0.3, -0.25) is 9.59 Å². The van der Waals surface area contributed by atoms with Crippen LogP contribution in [0, 0.1) is 11.8 Å². The lowest BCUT2D eigenvalue weighted by molar-refractivity contribution is -0.137. The van der Waals surface area contributed by atoms with Gasteiger partial charge in [0.2, 0.25) is 5.91 Å². The van der Waals surface area contributed by atoms with Gasteiger partial charge in [0, 0.05) is 32.1 Å². The van der Waals surface area contributed by atoms with Crippen LogP contribution in [0.25, 0.3) is 0 Å². The van der Waals surface area contributed by atoms with Crippen molar-refractivity contribution in [3.63, 3.8) is 0 Å². The largest absolute Gasteiger partial charge is 0.494 e. The molecule has 1 atom stereocenters. The first-order chi connectivity index (χ1) is 12.1. The Kier molecular flexibility index (Phi) is 7.73. The van der Waals surface area contributed by atoms with Crippen LogP contribution in [0.2, 0.25) is 0 Å². The maximum atomic E-state index is 12.3. The third-order valence-corrected chi connectivity index (χ3v) is 4.58. The molecule has 1 saturated heterocycles. The standard InChI is InChI=1S/C19H27NO5/c1-14(16-8-11-24-12-9-16)19(23)20-13-15-4-6-17(7-5-15)25-10-2-3-18(21)22/h4-7,14,16H,2-3,8-13H2,1H3,(H,20,23)(H,21,22). The number of benzene rings is 1. The molecule has 1 unspecified atom stereocenters. The van der Waals surface area contributed by atoms with Gasteiger partial charge in [-0.15, -0.1) is 0 Å². The minimum atomic E-state index is -0.815. The Morgan fingerprint density at radius 1 is 1.28 bits per heavy atom. The van der Waals surface area contributed by atoms with Crippen LogP contribution in [0.3, 0.4) is 0 Å². The van der Waals surface area contributed by atoms with Crippen molar-refractivity contribution in [2.75, 3.05) is 19.8 Å². The number of amides is 1.